The van der Waals surface area contributed by atoms with Crippen molar-refractivity contribution >= 4 is 23.4 Å². The van der Waals surface area contributed by atoms with Gasteiger partial charge in [-0.3, -0.25) is 10.1 Å². The highest BCUT2D eigenvalue weighted by Crippen LogP contribution is 2.23. The van der Waals surface area contributed by atoms with Gasteiger partial charge in [-0.15, -0.1) is 0 Å². The highest BCUT2D eigenvalue weighted by molar-refractivity contribution is 5.87. The molecule has 0 bridgehead atoms. The fraction of sp³-hybridized carbons (Fsp3) is 0.500. The van der Waals surface area contributed by atoms with Crippen molar-refractivity contribution in [2.24, 2.45) is 0 Å². The molecule has 0 fully saturated rings. The molecule has 0 heterocycles. The summed E-state index contributed by atoms with van der Waals surface area (Å²) in [5, 5.41) is 8.61. The summed E-state index contributed by atoms with van der Waals surface area (Å²) in [4.78, 5) is 23.2. The maximum absolute atomic E-state index is 11.7. The van der Waals surface area contributed by atoms with Crippen molar-refractivity contribution < 1.29 is 14.3 Å². The van der Waals surface area contributed by atoms with Crippen LogP contribution in [0.1, 0.15) is 32.3 Å². The molecular weight excluding hydrogens is 282 g/mol. The fourth-order valence-electron chi connectivity index (χ4n) is 1.88. The van der Waals surface area contributed by atoms with Crippen LogP contribution in [0.5, 0.6) is 0 Å². The Balaban J connectivity index is 2.57. The number of hydrogen-bond acceptors (Lipinski definition) is 4. The van der Waals surface area contributed by atoms with E-state index in [9.17, 15) is 9.59 Å². The van der Waals surface area contributed by atoms with Gasteiger partial charge in [-0.1, -0.05) is 19.4 Å². The Morgan fingerprint density at radius 1 is 1.18 bits per heavy atom. The van der Waals surface area contributed by atoms with E-state index in [0.717, 1.165) is 24.1 Å². The van der Waals surface area contributed by atoms with E-state index in [-0.39, 0.29) is 12.5 Å². The quantitative estimate of drug-likeness (QED) is 0.645. The predicted molar refractivity (Wildman–Crippen MR) is 88.2 cm³/mol. The SMILES string of the molecule is CCCCNC(=O)CNc1cccc(NC(=O)OCC)c1C. The van der Waals surface area contributed by atoms with Crippen molar-refractivity contribution in [3.63, 3.8) is 0 Å². The summed E-state index contributed by atoms with van der Waals surface area (Å²) in [6.07, 6.45) is 1.54. The zero-order valence-corrected chi connectivity index (χ0v) is 13.5. The van der Waals surface area contributed by atoms with E-state index >= 15 is 0 Å². The number of rotatable bonds is 8. The normalized spacial score (nSPS) is 9.95. The summed E-state index contributed by atoms with van der Waals surface area (Å²) in [5.74, 6) is -0.0448. The van der Waals surface area contributed by atoms with Crippen LogP contribution >= 0.6 is 0 Å². The lowest BCUT2D eigenvalue weighted by atomic mass is 10.1. The lowest BCUT2D eigenvalue weighted by molar-refractivity contribution is -0.119. The fourth-order valence-corrected chi connectivity index (χ4v) is 1.88. The standard InChI is InChI=1S/C16H25N3O3/c1-4-6-10-17-15(20)11-18-13-8-7-9-14(12(13)3)19-16(21)22-5-2/h7-9,18H,4-6,10-11H2,1-3H3,(H,17,20)(H,19,21). The second-order valence-electron chi connectivity index (χ2n) is 4.88. The third-order valence-electron chi connectivity index (χ3n) is 3.14. The number of hydrogen-bond donors (Lipinski definition) is 3. The second-order valence-corrected chi connectivity index (χ2v) is 4.88. The molecular formula is C16H25N3O3. The molecule has 0 aliphatic carbocycles. The number of carbonyl (C=O) groups is 2. The van der Waals surface area contributed by atoms with Crippen LogP contribution in [-0.2, 0) is 9.53 Å². The number of nitrogens with one attached hydrogen (secondary N) is 3. The molecule has 122 valence electrons. The average molecular weight is 307 g/mol. The van der Waals surface area contributed by atoms with Crippen LogP contribution in [0.3, 0.4) is 0 Å². The van der Waals surface area contributed by atoms with Gasteiger partial charge in [0.1, 0.15) is 0 Å². The summed E-state index contributed by atoms with van der Waals surface area (Å²) in [6, 6.07) is 5.47. The van der Waals surface area contributed by atoms with E-state index in [1.807, 2.05) is 19.1 Å². The van der Waals surface area contributed by atoms with Crippen molar-refractivity contribution in [1.82, 2.24) is 5.32 Å². The topological polar surface area (TPSA) is 79.5 Å². The molecule has 0 aromatic heterocycles. The minimum atomic E-state index is -0.486. The minimum Gasteiger partial charge on any atom is -0.450 e. The van der Waals surface area contributed by atoms with Crippen LogP contribution in [0, 0.1) is 6.92 Å². The van der Waals surface area contributed by atoms with Crippen LogP contribution in [0.4, 0.5) is 16.2 Å². The van der Waals surface area contributed by atoms with Gasteiger partial charge >= 0.3 is 6.09 Å². The lowest BCUT2D eigenvalue weighted by Crippen LogP contribution is -2.30. The van der Waals surface area contributed by atoms with Gasteiger partial charge in [0.25, 0.3) is 0 Å². The van der Waals surface area contributed by atoms with Gasteiger partial charge in [-0.2, -0.15) is 0 Å². The molecule has 0 spiro atoms. The van der Waals surface area contributed by atoms with E-state index in [1.165, 1.54) is 0 Å². The molecule has 0 unspecified atom stereocenters. The van der Waals surface area contributed by atoms with Crippen molar-refractivity contribution in [3.8, 4) is 0 Å². The zero-order valence-electron chi connectivity index (χ0n) is 13.5. The monoisotopic (exact) mass is 307 g/mol. The molecule has 0 atom stereocenters. The van der Waals surface area contributed by atoms with Crippen molar-refractivity contribution in [2.75, 3.05) is 30.3 Å². The Morgan fingerprint density at radius 3 is 2.59 bits per heavy atom. The lowest BCUT2D eigenvalue weighted by Gasteiger charge is -2.14. The van der Waals surface area contributed by atoms with E-state index < -0.39 is 6.09 Å². The summed E-state index contributed by atoms with van der Waals surface area (Å²) in [7, 11) is 0. The number of anilines is 2. The molecule has 6 nitrogen and oxygen atoms in total. The van der Waals surface area contributed by atoms with Crippen LogP contribution in [0.25, 0.3) is 0 Å². The first-order valence-electron chi connectivity index (χ1n) is 7.62. The number of amides is 2. The molecule has 0 aliphatic rings. The van der Waals surface area contributed by atoms with Gasteiger partial charge < -0.3 is 15.4 Å². The summed E-state index contributed by atoms with van der Waals surface area (Å²) in [6.45, 7) is 6.92. The maximum atomic E-state index is 11.7. The second kappa shape index (κ2) is 9.65. The molecule has 6 heteroatoms. The average Bonchev–Trinajstić information content (AvgIpc) is 2.48. The van der Waals surface area contributed by atoms with E-state index in [2.05, 4.69) is 22.9 Å². The molecule has 0 aliphatic heterocycles. The maximum Gasteiger partial charge on any atom is 0.411 e. The Hall–Kier alpha value is -2.24. The number of benzene rings is 1. The highest BCUT2D eigenvalue weighted by atomic mass is 16.5. The van der Waals surface area contributed by atoms with Crippen LogP contribution in [0.15, 0.2) is 18.2 Å². The first-order chi connectivity index (χ1) is 10.6. The van der Waals surface area contributed by atoms with Gasteiger partial charge in [-0.05, 0) is 38.0 Å². The Kier molecular flexibility index (Phi) is 7.81. The predicted octanol–water partition coefficient (Wildman–Crippen LogP) is 2.89. The molecule has 1 rings (SSSR count). The van der Waals surface area contributed by atoms with Crippen LogP contribution in [-0.4, -0.2) is 31.7 Å². The van der Waals surface area contributed by atoms with Crippen LogP contribution in [0.2, 0.25) is 0 Å². The van der Waals surface area contributed by atoms with Crippen molar-refractivity contribution in [1.29, 1.82) is 0 Å². The number of unbranched alkanes of at least 4 members (excludes halogenated alkanes) is 1. The largest absolute Gasteiger partial charge is 0.450 e. The third kappa shape index (κ3) is 6.03. The summed E-state index contributed by atoms with van der Waals surface area (Å²) < 4.78 is 4.86. The molecule has 0 saturated carbocycles. The third-order valence-corrected chi connectivity index (χ3v) is 3.14. The van der Waals surface area contributed by atoms with Gasteiger partial charge in [0.05, 0.1) is 13.2 Å². The molecule has 3 N–H and O–H groups in total. The summed E-state index contributed by atoms with van der Waals surface area (Å²) in [5.41, 5.74) is 2.33. The van der Waals surface area contributed by atoms with Crippen molar-refractivity contribution in [3.05, 3.63) is 23.8 Å². The molecule has 1 aromatic rings. The van der Waals surface area contributed by atoms with Gasteiger partial charge in [-0.25, -0.2) is 4.79 Å². The summed E-state index contributed by atoms with van der Waals surface area (Å²) >= 11 is 0. The first kappa shape index (κ1) is 17.8. The number of carbonyl (C=O) groups excluding carboxylic acids is 2. The highest BCUT2D eigenvalue weighted by Gasteiger charge is 2.08. The first-order valence-corrected chi connectivity index (χ1v) is 7.62. The van der Waals surface area contributed by atoms with E-state index in [0.29, 0.717) is 18.8 Å². The Labute approximate surface area is 131 Å². The molecule has 22 heavy (non-hydrogen) atoms. The van der Waals surface area contributed by atoms with Crippen LogP contribution < -0.4 is 16.0 Å². The smallest absolute Gasteiger partial charge is 0.411 e. The molecule has 1 aromatic carbocycles. The minimum absolute atomic E-state index is 0.0448. The van der Waals surface area contributed by atoms with Gasteiger partial charge in [0.2, 0.25) is 5.91 Å². The van der Waals surface area contributed by atoms with Crippen molar-refractivity contribution in [2.45, 2.75) is 33.6 Å². The molecule has 0 radical (unpaired) electrons. The zero-order chi connectivity index (χ0) is 16.4. The van der Waals surface area contributed by atoms with Gasteiger partial charge in [0, 0.05) is 17.9 Å². The molecule has 0 saturated heterocycles. The Morgan fingerprint density at radius 2 is 1.91 bits per heavy atom. The molecule has 2 amide bonds. The van der Waals surface area contributed by atoms with E-state index in [4.69, 9.17) is 4.74 Å². The van der Waals surface area contributed by atoms with Gasteiger partial charge in [0.15, 0.2) is 0 Å². The Bertz CT molecular complexity index is 503. The number of ether oxygens (including phenoxy) is 1. The van der Waals surface area contributed by atoms with E-state index in [1.54, 1.807) is 13.0 Å².